The van der Waals surface area contributed by atoms with Gasteiger partial charge in [-0.25, -0.2) is 9.07 Å². The van der Waals surface area contributed by atoms with E-state index in [1.807, 2.05) is 67.2 Å². The number of halogens is 1. The standard InChI is InChI=1S/C23H22FN5O/c1-16-5-7-18(8-6-16)15-29-23(28-13-3-4-14-28)21(26-27-29)22(30)25-17(2)19-9-11-20(24)12-10-19/h3-14,17H,15H2,1-2H3,(H,25,30)/t17-/m1/s1. The Labute approximate surface area is 174 Å². The van der Waals surface area contributed by atoms with Crippen LogP contribution < -0.4 is 5.32 Å². The molecule has 0 aliphatic carbocycles. The predicted molar refractivity (Wildman–Crippen MR) is 112 cm³/mol. The van der Waals surface area contributed by atoms with Crippen LogP contribution in [-0.4, -0.2) is 25.5 Å². The predicted octanol–water partition coefficient (Wildman–Crippen LogP) is 4.06. The first kappa shape index (κ1) is 19.6. The summed E-state index contributed by atoms with van der Waals surface area (Å²) in [5, 5.41) is 11.3. The van der Waals surface area contributed by atoms with E-state index < -0.39 is 0 Å². The fraction of sp³-hybridized carbons (Fsp3) is 0.174. The van der Waals surface area contributed by atoms with E-state index in [4.69, 9.17) is 0 Å². The third kappa shape index (κ3) is 4.15. The minimum absolute atomic E-state index is 0.229. The summed E-state index contributed by atoms with van der Waals surface area (Å²) in [6.45, 7) is 4.37. The Morgan fingerprint density at radius 1 is 1.07 bits per heavy atom. The summed E-state index contributed by atoms with van der Waals surface area (Å²) in [6.07, 6.45) is 3.70. The lowest BCUT2D eigenvalue weighted by atomic mass is 10.1. The highest BCUT2D eigenvalue weighted by Crippen LogP contribution is 2.18. The van der Waals surface area contributed by atoms with Gasteiger partial charge in [-0.05, 0) is 49.2 Å². The first-order valence-electron chi connectivity index (χ1n) is 9.70. The molecule has 0 radical (unpaired) electrons. The van der Waals surface area contributed by atoms with Crippen molar-refractivity contribution in [1.82, 2.24) is 24.9 Å². The minimum atomic E-state index is -0.342. The number of carbonyl (C=O) groups excluding carboxylic acids is 1. The molecule has 2 heterocycles. The molecule has 4 aromatic rings. The fourth-order valence-corrected chi connectivity index (χ4v) is 3.26. The lowest BCUT2D eigenvalue weighted by Crippen LogP contribution is -2.28. The van der Waals surface area contributed by atoms with Gasteiger partial charge < -0.3 is 9.88 Å². The largest absolute Gasteiger partial charge is 0.344 e. The van der Waals surface area contributed by atoms with E-state index in [0.717, 1.165) is 11.1 Å². The van der Waals surface area contributed by atoms with Crippen molar-refractivity contribution in [3.63, 3.8) is 0 Å². The first-order valence-corrected chi connectivity index (χ1v) is 9.70. The van der Waals surface area contributed by atoms with E-state index in [1.54, 1.807) is 16.8 Å². The molecular weight excluding hydrogens is 381 g/mol. The van der Waals surface area contributed by atoms with Crippen molar-refractivity contribution in [1.29, 1.82) is 0 Å². The van der Waals surface area contributed by atoms with Crippen LogP contribution in [0, 0.1) is 12.7 Å². The van der Waals surface area contributed by atoms with E-state index in [0.29, 0.717) is 12.4 Å². The Bertz CT molecular complexity index is 1130. The van der Waals surface area contributed by atoms with Crippen LogP contribution in [0.1, 0.15) is 40.1 Å². The highest BCUT2D eigenvalue weighted by molar-refractivity contribution is 5.95. The number of amides is 1. The van der Waals surface area contributed by atoms with Crippen LogP contribution in [-0.2, 0) is 6.54 Å². The molecule has 30 heavy (non-hydrogen) atoms. The van der Waals surface area contributed by atoms with Crippen LogP contribution in [0.4, 0.5) is 4.39 Å². The molecule has 1 N–H and O–H groups in total. The fourth-order valence-electron chi connectivity index (χ4n) is 3.26. The van der Waals surface area contributed by atoms with Crippen LogP contribution in [0.2, 0.25) is 0 Å². The Balaban J connectivity index is 1.62. The second-order valence-corrected chi connectivity index (χ2v) is 7.24. The highest BCUT2D eigenvalue weighted by Gasteiger charge is 2.23. The molecule has 1 amide bonds. The quantitative estimate of drug-likeness (QED) is 0.528. The summed E-state index contributed by atoms with van der Waals surface area (Å²) in [4.78, 5) is 13.0. The average Bonchev–Trinajstić information content (AvgIpc) is 3.40. The van der Waals surface area contributed by atoms with Crippen molar-refractivity contribution >= 4 is 5.91 Å². The van der Waals surface area contributed by atoms with Gasteiger partial charge >= 0.3 is 0 Å². The Morgan fingerprint density at radius 3 is 2.40 bits per heavy atom. The first-order chi connectivity index (χ1) is 14.5. The van der Waals surface area contributed by atoms with Crippen LogP contribution in [0.3, 0.4) is 0 Å². The van der Waals surface area contributed by atoms with Crippen LogP contribution in [0.25, 0.3) is 5.82 Å². The normalized spacial score (nSPS) is 12.0. The van der Waals surface area contributed by atoms with Crippen molar-refractivity contribution in [2.45, 2.75) is 26.4 Å². The van der Waals surface area contributed by atoms with E-state index in [-0.39, 0.29) is 23.5 Å². The highest BCUT2D eigenvalue weighted by atomic mass is 19.1. The topological polar surface area (TPSA) is 64.7 Å². The maximum atomic E-state index is 13.2. The van der Waals surface area contributed by atoms with Crippen molar-refractivity contribution in [2.24, 2.45) is 0 Å². The van der Waals surface area contributed by atoms with E-state index in [1.165, 1.54) is 17.7 Å². The van der Waals surface area contributed by atoms with Gasteiger partial charge in [0.2, 0.25) is 0 Å². The number of aryl methyl sites for hydroxylation is 1. The molecule has 152 valence electrons. The molecular formula is C23H22FN5O. The molecule has 2 aromatic carbocycles. The van der Waals surface area contributed by atoms with Gasteiger partial charge in [-0.3, -0.25) is 4.79 Å². The number of carbonyl (C=O) groups is 1. The van der Waals surface area contributed by atoms with E-state index in [9.17, 15) is 9.18 Å². The average molecular weight is 403 g/mol. The molecule has 4 rings (SSSR count). The molecule has 0 saturated heterocycles. The van der Waals surface area contributed by atoms with Gasteiger partial charge in [0.05, 0.1) is 12.6 Å². The zero-order valence-electron chi connectivity index (χ0n) is 16.8. The number of hydrogen-bond acceptors (Lipinski definition) is 3. The van der Waals surface area contributed by atoms with Gasteiger partial charge in [0.1, 0.15) is 5.82 Å². The number of benzene rings is 2. The summed E-state index contributed by atoms with van der Waals surface area (Å²) in [5.74, 6) is -0.0683. The van der Waals surface area contributed by atoms with Gasteiger partial charge in [-0.15, -0.1) is 5.10 Å². The van der Waals surface area contributed by atoms with Gasteiger partial charge in [0.25, 0.3) is 5.91 Å². The molecule has 2 aromatic heterocycles. The summed E-state index contributed by atoms with van der Waals surface area (Å²) in [7, 11) is 0. The molecule has 0 spiro atoms. The lowest BCUT2D eigenvalue weighted by Gasteiger charge is -2.14. The SMILES string of the molecule is Cc1ccc(Cn2nnc(C(=O)N[C@H](C)c3ccc(F)cc3)c2-n2cccc2)cc1. The number of nitrogens with zero attached hydrogens (tertiary/aromatic N) is 4. The minimum Gasteiger partial charge on any atom is -0.344 e. The monoisotopic (exact) mass is 403 g/mol. The third-order valence-electron chi connectivity index (χ3n) is 4.94. The maximum Gasteiger partial charge on any atom is 0.276 e. The molecule has 6 nitrogen and oxygen atoms in total. The number of nitrogens with one attached hydrogen (secondary N) is 1. The Morgan fingerprint density at radius 2 is 1.73 bits per heavy atom. The molecule has 0 aliphatic heterocycles. The molecule has 0 bridgehead atoms. The second kappa shape index (κ2) is 8.32. The zero-order valence-corrected chi connectivity index (χ0v) is 16.8. The molecule has 0 unspecified atom stereocenters. The third-order valence-corrected chi connectivity index (χ3v) is 4.94. The maximum absolute atomic E-state index is 13.2. The van der Waals surface area contributed by atoms with Crippen molar-refractivity contribution in [3.8, 4) is 5.82 Å². The Hall–Kier alpha value is -3.74. The summed E-state index contributed by atoms with van der Waals surface area (Å²) >= 11 is 0. The smallest absolute Gasteiger partial charge is 0.276 e. The van der Waals surface area contributed by atoms with Crippen LogP contribution >= 0.6 is 0 Å². The number of hydrogen-bond donors (Lipinski definition) is 1. The molecule has 1 atom stereocenters. The number of aromatic nitrogens is 4. The lowest BCUT2D eigenvalue weighted by molar-refractivity contribution is 0.0934. The number of rotatable bonds is 6. The van der Waals surface area contributed by atoms with Gasteiger partial charge in [-0.1, -0.05) is 47.2 Å². The van der Waals surface area contributed by atoms with Crippen LogP contribution in [0.15, 0.2) is 73.1 Å². The summed E-state index contributed by atoms with van der Waals surface area (Å²) in [6, 6.07) is 17.7. The summed E-state index contributed by atoms with van der Waals surface area (Å²) in [5.41, 5.74) is 3.27. The molecule has 0 fully saturated rings. The zero-order chi connectivity index (χ0) is 21.1. The van der Waals surface area contributed by atoms with E-state index in [2.05, 4.69) is 15.6 Å². The van der Waals surface area contributed by atoms with Crippen molar-refractivity contribution < 1.29 is 9.18 Å². The van der Waals surface area contributed by atoms with Crippen LogP contribution in [0.5, 0.6) is 0 Å². The van der Waals surface area contributed by atoms with Crippen molar-refractivity contribution in [3.05, 3.63) is 101 Å². The Kier molecular flexibility index (Phi) is 5.43. The van der Waals surface area contributed by atoms with Gasteiger partial charge in [0, 0.05) is 12.4 Å². The summed E-state index contributed by atoms with van der Waals surface area (Å²) < 4.78 is 16.7. The van der Waals surface area contributed by atoms with E-state index >= 15 is 0 Å². The molecule has 0 saturated carbocycles. The molecule has 0 aliphatic rings. The van der Waals surface area contributed by atoms with Gasteiger partial charge in [0.15, 0.2) is 11.5 Å². The molecule has 7 heteroatoms. The van der Waals surface area contributed by atoms with Gasteiger partial charge in [-0.2, -0.15) is 0 Å². The van der Waals surface area contributed by atoms with Crippen molar-refractivity contribution in [2.75, 3.05) is 0 Å². The second-order valence-electron chi connectivity index (χ2n) is 7.24.